The molecule has 0 bridgehead atoms. The second kappa shape index (κ2) is 5.80. The molecule has 0 spiro atoms. The molecule has 0 aliphatic heterocycles. The number of hydrogen-bond acceptors (Lipinski definition) is 2. The Balaban J connectivity index is 2.87. The van der Waals surface area contributed by atoms with Crippen LogP contribution in [0.15, 0.2) is 28.7 Å². The third-order valence-corrected chi connectivity index (χ3v) is 3.37. The molecule has 0 radical (unpaired) electrons. The number of halogens is 1. The fourth-order valence-corrected chi connectivity index (χ4v) is 2.24. The van der Waals surface area contributed by atoms with E-state index in [0.717, 1.165) is 10.9 Å². The van der Waals surface area contributed by atoms with E-state index in [0.29, 0.717) is 0 Å². The van der Waals surface area contributed by atoms with E-state index in [1.807, 2.05) is 32.0 Å². The van der Waals surface area contributed by atoms with Gasteiger partial charge in [0.25, 0.3) is 0 Å². The van der Waals surface area contributed by atoms with E-state index in [4.69, 9.17) is 0 Å². The second-order valence-corrected chi connectivity index (χ2v) is 5.52. The highest BCUT2D eigenvalue weighted by Gasteiger charge is 2.22. The van der Waals surface area contributed by atoms with Crippen molar-refractivity contribution >= 4 is 15.9 Å². The highest BCUT2D eigenvalue weighted by molar-refractivity contribution is 9.10. The summed E-state index contributed by atoms with van der Waals surface area (Å²) in [4.78, 5) is 0. The second-order valence-electron chi connectivity index (χ2n) is 4.67. The highest BCUT2D eigenvalue weighted by Crippen LogP contribution is 2.26. The van der Waals surface area contributed by atoms with Crippen molar-refractivity contribution in [3.8, 4) is 0 Å². The summed E-state index contributed by atoms with van der Waals surface area (Å²) in [5.41, 5.74) is 0.988. The van der Waals surface area contributed by atoms with Gasteiger partial charge in [-0.05, 0) is 31.9 Å². The van der Waals surface area contributed by atoms with Gasteiger partial charge in [0, 0.05) is 16.1 Å². The van der Waals surface area contributed by atoms with Gasteiger partial charge in [-0.25, -0.2) is 0 Å². The maximum atomic E-state index is 9.28. The van der Waals surface area contributed by atoms with E-state index in [2.05, 4.69) is 34.2 Å². The zero-order valence-electron chi connectivity index (χ0n) is 10.1. The minimum Gasteiger partial charge on any atom is -0.394 e. The minimum atomic E-state index is -0.254. The molecule has 0 aliphatic carbocycles. The maximum absolute atomic E-state index is 9.28. The van der Waals surface area contributed by atoms with Crippen LogP contribution in [-0.2, 0) is 0 Å². The van der Waals surface area contributed by atoms with Crippen LogP contribution < -0.4 is 5.32 Å². The van der Waals surface area contributed by atoms with E-state index in [9.17, 15) is 5.11 Å². The molecule has 0 saturated carbocycles. The van der Waals surface area contributed by atoms with Gasteiger partial charge in [0.1, 0.15) is 0 Å². The first kappa shape index (κ1) is 13.7. The molecule has 0 aromatic heterocycles. The van der Waals surface area contributed by atoms with E-state index < -0.39 is 0 Å². The smallest absolute Gasteiger partial charge is 0.0608 e. The van der Waals surface area contributed by atoms with Gasteiger partial charge in [0.05, 0.1) is 6.61 Å². The summed E-state index contributed by atoms with van der Waals surface area (Å²) < 4.78 is 1.11. The molecule has 1 atom stereocenters. The van der Waals surface area contributed by atoms with Crippen LogP contribution in [0.25, 0.3) is 0 Å². The Morgan fingerprint density at radius 2 is 2.00 bits per heavy atom. The van der Waals surface area contributed by atoms with Crippen LogP contribution in [0.1, 0.15) is 38.8 Å². The maximum Gasteiger partial charge on any atom is 0.0608 e. The predicted octanol–water partition coefficient (Wildman–Crippen LogP) is 3.26. The van der Waals surface area contributed by atoms with Gasteiger partial charge in [-0.1, -0.05) is 41.1 Å². The van der Waals surface area contributed by atoms with Gasteiger partial charge >= 0.3 is 0 Å². The zero-order valence-corrected chi connectivity index (χ0v) is 11.7. The summed E-state index contributed by atoms with van der Waals surface area (Å²) in [6.07, 6.45) is 0.992. The molecule has 2 nitrogen and oxygen atoms in total. The highest BCUT2D eigenvalue weighted by atomic mass is 79.9. The third-order valence-electron chi connectivity index (χ3n) is 2.65. The Labute approximate surface area is 106 Å². The predicted molar refractivity (Wildman–Crippen MR) is 71.5 cm³/mol. The van der Waals surface area contributed by atoms with Gasteiger partial charge in [-0.15, -0.1) is 0 Å². The van der Waals surface area contributed by atoms with Crippen LogP contribution in [0.5, 0.6) is 0 Å². The normalized spacial score (nSPS) is 13.8. The molecule has 90 valence electrons. The molecule has 0 saturated heterocycles. The summed E-state index contributed by atoms with van der Waals surface area (Å²) >= 11 is 3.56. The van der Waals surface area contributed by atoms with Crippen molar-refractivity contribution in [1.82, 2.24) is 5.32 Å². The first-order chi connectivity index (χ1) is 7.50. The fraction of sp³-hybridized carbons (Fsp3) is 0.538. The largest absolute Gasteiger partial charge is 0.394 e. The molecule has 1 aromatic rings. The van der Waals surface area contributed by atoms with Crippen molar-refractivity contribution < 1.29 is 5.11 Å². The number of nitrogens with one attached hydrogen (secondary N) is 1. The quantitative estimate of drug-likeness (QED) is 0.870. The Kier molecular flexibility index (Phi) is 4.96. The van der Waals surface area contributed by atoms with Crippen LogP contribution in [0.4, 0.5) is 0 Å². The van der Waals surface area contributed by atoms with Crippen molar-refractivity contribution in [2.24, 2.45) is 0 Å². The van der Waals surface area contributed by atoms with Crippen molar-refractivity contribution in [3.63, 3.8) is 0 Å². The molecule has 1 rings (SSSR count). The van der Waals surface area contributed by atoms with Crippen molar-refractivity contribution in [2.75, 3.05) is 6.61 Å². The van der Waals surface area contributed by atoms with Crippen molar-refractivity contribution in [3.05, 3.63) is 34.3 Å². The molecule has 0 aliphatic rings. The molecule has 0 fully saturated rings. The van der Waals surface area contributed by atoms with E-state index in [-0.39, 0.29) is 18.2 Å². The average Bonchev–Trinajstić information content (AvgIpc) is 2.27. The number of aliphatic hydroxyl groups excluding tert-OH is 1. The third kappa shape index (κ3) is 3.58. The van der Waals surface area contributed by atoms with Gasteiger partial charge in [-0.3, -0.25) is 0 Å². The lowest BCUT2D eigenvalue weighted by molar-refractivity contribution is 0.174. The summed E-state index contributed by atoms with van der Waals surface area (Å²) in [5.74, 6) is 0. The minimum absolute atomic E-state index is 0.133. The van der Waals surface area contributed by atoms with Gasteiger partial charge < -0.3 is 10.4 Å². The van der Waals surface area contributed by atoms with Gasteiger partial charge in [-0.2, -0.15) is 0 Å². The number of benzene rings is 1. The lowest BCUT2D eigenvalue weighted by atomic mass is 9.99. The number of aliphatic hydroxyl groups is 1. The SMILES string of the molecule is CCC(NC(C)(C)CO)c1ccccc1Br. The summed E-state index contributed by atoms with van der Waals surface area (Å²) in [6.45, 7) is 6.29. The molecule has 1 unspecified atom stereocenters. The molecule has 0 amide bonds. The Morgan fingerprint density at radius 1 is 1.38 bits per heavy atom. The summed E-state index contributed by atoms with van der Waals surface area (Å²) in [6, 6.07) is 8.47. The molecule has 3 heteroatoms. The number of rotatable bonds is 5. The Bertz CT molecular complexity index is 338. The average molecular weight is 286 g/mol. The van der Waals surface area contributed by atoms with Crippen LogP contribution >= 0.6 is 15.9 Å². The Morgan fingerprint density at radius 3 is 2.50 bits per heavy atom. The van der Waals surface area contributed by atoms with Crippen LogP contribution in [0.3, 0.4) is 0 Å². The van der Waals surface area contributed by atoms with Crippen LogP contribution in [-0.4, -0.2) is 17.3 Å². The van der Waals surface area contributed by atoms with Crippen molar-refractivity contribution in [2.45, 2.75) is 38.8 Å². The summed E-state index contributed by atoms with van der Waals surface area (Å²) in [7, 11) is 0. The molecular formula is C13H20BrNO. The monoisotopic (exact) mass is 285 g/mol. The first-order valence-corrected chi connectivity index (χ1v) is 6.42. The topological polar surface area (TPSA) is 32.3 Å². The van der Waals surface area contributed by atoms with Gasteiger partial charge in [0.2, 0.25) is 0 Å². The van der Waals surface area contributed by atoms with E-state index in [1.54, 1.807) is 0 Å². The molecule has 2 N–H and O–H groups in total. The lowest BCUT2D eigenvalue weighted by Crippen LogP contribution is -2.44. The van der Waals surface area contributed by atoms with Crippen LogP contribution in [0, 0.1) is 0 Å². The Hall–Kier alpha value is -0.380. The molecule has 0 heterocycles. The van der Waals surface area contributed by atoms with Gasteiger partial charge in [0.15, 0.2) is 0 Å². The fourth-order valence-electron chi connectivity index (χ4n) is 1.67. The number of hydrogen-bond donors (Lipinski definition) is 2. The standard InChI is InChI=1S/C13H20BrNO/c1-4-12(15-13(2,3)9-16)10-7-5-6-8-11(10)14/h5-8,12,15-16H,4,9H2,1-3H3. The molecule has 16 heavy (non-hydrogen) atoms. The van der Waals surface area contributed by atoms with E-state index >= 15 is 0 Å². The lowest BCUT2D eigenvalue weighted by Gasteiger charge is -2.30. The van der Waals surface area contributed by atoms with E-state index in [1.165, 1.54) is 5.56 Å². The zero-order chi connectivity index (χ0) is 12.2. The first-order valence-electron chi connectivity index (χ1n) is 5.63. The van der Waals surface area contributed by atoms with Crippen molar-refractivity contribution in [1.29, 1.82) is 0 Å². The van der Waals surface area contributed by atoms with Crippen LogP contribution in [0.2, 0.25) is 0 Å². The summed E-state index contributed by atoms with van der Waals surface area (Å²) in [5, 5.41) is 12.8. The molecule has 1 aromatic carbocycles. The molecular weight excluding hydrogens is 266 g/mol.